The van der Waals surface area contributed by atoms with Gasteiger partial charge in [-0.2, -0.15) is 10.1 Å². The Morgan fingerprint density at radius 2 is 1.88 bits per heavy atom. The van der Waals surface area contributed by atoms with Crippen LogP contribution in [-0.4, -0.2) is 40.8 Å². The van der Waals surface area contributed by atoms with Gasteiger partial charge in [0.05, 0.1) is 24.7 Å². The lowest BCUT2D eigenvalue weighted by Crippen LogP contribution is -2.28. The predicted molar refractivity (Wildman–Crippen MR) is 127 cm³/mol. The van der Waals surface area contributed by atoms with Gasteiger partial charge >= 0.3 is 5.97 Å². The molecule has 8 nitrogen and oxygen atoms in total. The van der Waals surface area contributed by atoms with Crippen LogP contribution >= 0.6 is 45.9 Å². The molecule has 1 aromatic carbocycles. The summed E-state index contributed by atoms with van der Waals surface area (Å²) >= 11 is 14.1. The van der Waals surface area contributed by atoms with Gasteiger partial charge in [0.15, 0.2) is 5.75 Å². The third-order valence-electron chi connectivity index (χ3n) is 4.02. The van der Waals surface area contributed by atoms with Crippen molar-refractivity contribution in [3.63, 3.8) is 0 Å². The minimum Gasteiger partial charge on any atom is -0.504 e. The van der Waals surface area contributed by atoms with Gasteiger partial charge in [-0.25, -0.2) is 0 Å². The average Bonchev–Trinajstić information content (AvgIpc) is 3.39. The van der Waals surface area contributed by atoms with Crippen molar-refractivity contribution in [1.29, 1.82) is 0 Å². The number of rotatable bonds is 7. The van der Waals surface area contributed by atoms with Gasteiger partial charge in [-0.1, -0.05) is 29.3 Å². The Labute approximate surface area is 200 Å². The van der Waals surface area contributed by atoms with E-state index in [1.54, 1.807) is 30.5 Å². The van der Waals surface area contributed by atoms with Gasteiger partial charge in [0.25, 0.3) is 11.8 Å². The number of hydrazone groups is 1. The number of aliphatic carboxylic acids is 1. The second-order valence-corrected chi connectivity index (χ2v) is 8.94. The molecule has 0 saturated heterocycles. The highest BCUT2D eigenvalue weighted by Gasteiger charge is 2.26. The Morgan fingerprint density at radius 1 is 1.16 bits per heavy atom. The van der Waals surface area contributed by atoms with E-state index < -0.39 is 24.3 Å². The van der Waals surface area contributed by atoms with E-state index in [1.807, 2.05) is 0 Å². The van der Waals surface area contributed by atoms with Crippen LogP contribution in [0.5, 0.6) is 5.75 Å². The Balaban J connectivity index is 1.90. The molecule has 0 aliphatic rings. The molecule has 166 valence electrons. The topological polar surface area (TPSA) is 119 Å². The van der Waals surface area contributed by atoms with Crippen LogP contribution in [0.3, 0.4) is 0 Å². The van der Waals surface area contributed by atoms with Crippen LogP contribution in [0, 0.1) is 0 Å². The highest BCUT2D eigenvalue weighted by molar-refractivity contribution is 7.16. The fourth-order valence-corrected chi connectivity index (χ4v) is 4.66. The van der Waals surface area contributed by atoms with E-state index in [0.717, 1.165) is 16.3 Å². The highest BCUT2D eigenvalue weighted by atomic mass is 35.5. The van der Waals surface area contributed by atoms with Crippen LogP contribution < -0.4 is 10.3 Å². The molecule has 0 aliphatic carbocycles. The molecule has 0 aliphatic heterocycles. The zero-order valence-electron chi connectivity index (χ0n) is 16.3. The lowest BCUT2D eigenvalue weighted by atomic mass is 10.1. The summed E-state index contributed by atoms with van der Waals surface area (Å²) < 4.78 is 0. The summed E-state index contributed by atoms with van der Waals surface area (Å²) in [5.41, 5.74) is 0.777. The molecule has 0 unspecified atom stereocenters. The fraction of sp³-hybridized carbons (Fsp3) is 0.100. The zero-order valence-corrected chi connectivity index (χ0v) is 19.5. The first-order valence-electron chi connectivity index (χ1n) is 8.91. The third-order valence-corrected chi connectivity index (χ3v) is 6.84. The zero-order chi connectivity index (χ0) is 23.4. The Bertz CT molecular complexity index is 1220. The van der Waals surface area contributed by atoms with E-state index >= 15 is 0 Å². The molecule has 0 fully saturated rings. The first kappa shape index (κ1) is 23.7. The molecule has 0 radical (unpaired) electrons. The number of thiophene rings is 2. The van der Waals surface area contributed by atoms with Crippen LogP contribution in [0.2, 0.25) is 10.0 Å². The fourth-order valence-electron chi connectivity index (χ4n) is 2.60. The molecule has 3 rings (SSSR count). The van der Waals surface area contributed by atoms with E-state index in [4.69, 9.17) is 28.3 Å². The summed E-state index contributed by atoms with van der Waals surface area (Å²) in [5.74, 6) is -2.52. The minimum absolute atomic E-state index is 0.157. The highest BCUT2D eigenvalue weighted by Crippen LogP contribution is 2.45. The molecule has 32 heavy (non-hydrogen) atoms. The number of amides is 2. The summed E-state index contributed by atoms with van der Waals surface area (Å²) in [6, 6.07) is 7.76. The molecule has 0 spiro atoms. The van der Waals surface area contributed by atoms with Gasteiger partial charge in [-0.3, -0.25) is 14.4 Å². The van der Waals surface area contributed by atoms with E-state index in [0.29, 0.717) is 20.5 Å². The number of hydrogen-bond acceptors (Lipinski definition) is 7. The summed E-state index contributed by atoms with van der Waals surface area (Å²) in [5, 5.41) is 29.1. The Morgan fingerprint density at radius 3 is 2.53 bits per heavy atom. The quantitative estimate of drug-likeness (QED) is 0.306. The largest absolute Gasteiger partial charge is 0.504 e. The standard InChI is InChI=1S/C20H15Cl2N3O5S2/c1-2-24-25(20(30)15-6-5-14(32-15)19(29)23-8-16(26)27)13-9-31-18(17(13)28)10-3-4-11(21)12(22)7-10/h2-7,9,28H,8H2,1H3,(H,23,29)(H,26,27). The van der Waals surface area contributed by atoms with Crippen LogP contribution in [0.25, 0.3) is 10.4 Å². The van der Waals surface area contributed by atoms with Crippen molar-refractivity contribution in [3.8, 4) is 16.2 Å². The van der Waals surface area contributed by atoms with Gasteiger partial charge in [0.2, 0.25) is 0 Å². The van der Waals surface area contributed by atoms with E-state index in [9.17, 15) is 19.5 Å². The van der Waals surface area contributed by atoms with Gasteiger partial charge in [-0.15, -0.1) is 22.7 Å². The normalized spacial score (nSPS) is 11.0. The van der Waals surface area contributed by atoms with Crippen LogP contribution in [0.4, 0.5) is 5.69 Å². The van der Waals surface area contributed by atoms with Crippen LogP contribution in [-0.2, 0) is 4.79 Å². The summed E-state index contributed by atoms with van der Waals surface area (Å²) in [7, 11) is 0. The number of nitrogens with zero attached hydrogens (tertiary/aromatic N) is 2. The maximum Gasteiger partial charge on any atom is 0.322 e. The first-order valence-corrected chi connectivity index (χ1v) is 11.4. The number of carbonyl (C=O) groups excluding carboxylic acids is 2. The Kier molecular flexibility index (Phi) is 7.52. The summed E-state index contributed by atoms with van der Waals surface area (Å²) in [6.45, 7) is 1.08. The number of nitrogens with one attached hydrogen (secondary N) is 1. The van der Waals surface area contributed by atoms with Crippen molar-refractivity contribution in [1.82, 2.24) is 5.32 Å². The summed E-state index contributed by atoms with van der Waals surface area (Å²) in [4.78, 5) is 36.6. The number of carboxylic acid groups (broad SMARTS) is 1. The van der Waals surface area contributed by atoms with Crippen molar-refractivity contribution in [2.45, 2.75) is 6.92 Å². The first-order chi connectivity index (χ1) is 15.2. The molecule has 0 bridgehead atoms. The van der Waals surface area contributed by atoms with Gasteiger partial charge in [-0.05, 0) is 36.8 Å². The molecule has 2 heterocycles. The van der Waals surface area contributed by atoms with Gasteiger partial charge < -0.3 is 15.5 Å². The number of aromatic hydroxyl groups is 1. The maximum absolute atomic E-state index is 13.1. The monoisotopic (exact) mass is 511 g/mol. The second-order valence-electron chi connectivity index (χ2n) is 6.16. The molecule has 2 aromatic heterocycles. The molecule has 3 aromatic rings. The van der Waals surface area contributed by atoms with Crippen molar-refractivity contribution in [2.24, 2.45) is 5.10 Å². The second kappa shape index (κ2) is 10.1. The molecule has 2 amide bonds. The minimum atomic E-state index is -1.18. The van der Waals surface area contributed by atoms with Crippen LogP contribution in [0.15, 0.2) is 40.8 Å². The molecule has 3 N–H and O–H groups in total. The van der Waals surface area contributed by atoms with Crippen molar-refractivity contribution in [3.05, 3.63) is 55.5 Å². The van der Waals surface area contributed by atoms with Crippen LogP contribution in [0.1, 0.15) is 26.3 Å². The molecular weight excluding hydrogens is 497 g/mol. The van der Waals surface area contributed by atoms with E-state index in [2.05, 4.69) is 10.4 Å². The lowest BCUT2D eigenvalue weighted by molar-refractivity contribution is -0.135. The smallest absolute Gasteiger partial charge is 0.322 e. The number of carboxylic acids is 1. The number of halogens is 2. The van der Waals surface area contributed by atoms with Gasteiger partial charge in [0.1, 0.15) is 12.2 Å². The maximum atomic E-state index is 13.1. The van der Waals surface area contributed by atoms with Crippen molar-refractivity contribution in [2.75, 3.05) is 11.6 Å². The van der Waals surface area contributed by atoms with E-state index in [1.165, 1.54) is 29.7 Å². The van der Waals surface area contributed by atoms with Gasteiger partial charge in [0, 0.05) is 11.6 Å². The molecule has 0 atom stereocenters. The number of hydrogen-bond donors (Lipinski definition) is 3. The molecule has 12 heteroatoms. The molecular formula is C20H15Cl2N3O5S2. The summed E-state index contributed by atoms with van der Waals surface area (Å²) in [6.07, 6.45) is 1.39. The van der Waals surface area contributed by atoms with Crippen molar-refractivity contribution >= 4 is 75.6 Å². The number of carbonyl (C=O) groups is 3. The van der Waals surface area contributed by atoms with Crippen molar-refractivity contribution < 1.29 is 24.6 Å². The van der Waals surface area contributed by atoms with E-state index in [-0.39, 0.29) is 21.2 Å². The number of benzene rings is 1. The average molecular weight is 512 g/mol. The Hall–Kier alpha value is -2.92. The third kappa shape index (κ3) is 5.10. The number of anilines is 1. The lowest BCUT2D eigenvalue weighted by Gasteiger charge is -2.15. The SMILES string of the molecule is CC=NN(C(=O)c1ccc(C(=O)NCC(=O)O)s1)c1csc(-c2ccc(Cl)c(Cl)c2)c1O. The molecule has 0 saturated carbocycles. The predicted octanol–water partition coefficient (Wildman–Crippen LogP) is 4.96.